The number of rotatable bonds is 0. The van der Waals surface area contributed by atoms with Crippen LogP contribution in [0.1, 0.15) is 16.2 Å². The van der Waals surface area contributed by atoms with Crippen LogP contribution in [-0.4, -0.2) is 15.3 Å². The molecule has 0 saturated carbocycles. The van der Waals surface area contributed by atoms with Crippen LogP contribution in [-0.2, 0) is 0 Å². The molecule has 108 valence electrons. The Hall–Kier alpha value is -1.50. The maximum Gasteiger partial charge on any atom is 0.267 e. The van der Waals surface area contributed by atoms with Crippen LogP contribution in [0.25, 0.3) is 16.6 Å². The number of hydrogen-bond donors (Lipinski definition) is 0. The van der Waals surface area contributed by atoms with Gasteiger partial charge in [-0.15, -0.1) is 0 Å². The number of ketones is 1. The molecule has 1 aliphatic rings. The van der Waals surface area contributed by atoms with Crippen LogP contribution >= 0.6 is 43.5 Å². The molecule has 0 fully saturated rings. The second-order valence-corrected chi connectivity index (χ2v) is 6.89. The highest BCUT2D eigenvalue weighted by Gasteiger charge is 2.31. The zero-order chi connectivity index (χ0) is 15.6. The molecule has 0 unspecified atom stereocenters. The van der Waals surface area contributed by atoms with Gasteiger partial charge >= 0.3 is 0 Å². The van der Waals surface area contributed by atoms with Gasteiger partial charge in [0.15, 0.2) is 5.82 Å². The predicted octanol–water partition coefficient (Wildman–Crippen LogP) is 4.11. The van der Waals surface area contributed by atoms with E-state index in [1.807, 2.05) is 0 Å². The lowest BCUT2D eigenvalue weighted by atomic mass is 10.1. The van der Waals surface area contributed by atoms with Crippen LogP contribution in [0.2, 0.25) is 5.02 Å². The molecular weight excluding hydrogens is 435 g/mol. The summed E-state index contributed by atoms with van der Waals surface area (Å²) in [5, 5.41) is 0.555. The second kappa shape index (κ2) is 4.75. The minimum Gasteiger partial charge on any atom is -0.285 e. The van der Waals surface area contributed by atoms with Gasteiger partial charge in [0, 0.05) is 8.95 Å². The van der Waals surface area contributed by atoms with Gasteiger partial charge in [-0.2, -0.15) is 0 Å². The lowest BCUT2D eigenvalue weighted by molar-refractivity contribution is 0.103. The molecule has 2 aromatic carbocycles. The number of benzene rings is 2. The normalized spacial score (nSPS) is 12.6. The van der Waals surface area contributed by atoms with E-state index in [2.05, 4.69) is 36.8 Å². The molecule has 0 spiro atoms. The quantitative estimate of drug-likeness (QED) is 0.387. The van der Waals surface area contributed by atoms with Gasteiger partial charge in [-0.1, -0.05) is 23.7 Å². The molecule has 0 N–H and O–H groups in total. The van der Waals surface area contributed by atoms with E-state index in [0.717, 1.165) is 0 Å². The maximum absolute atomic E-state index is 12.9. The lowest BCUT2D eigenvalue weighted by Crippen LogP contribution is -2.22. The molecule has 0 radical (unpaired) electrons. The molecule has 1 aromatic heterocycles. The standard InChI is InChI=1S/C15H5Br2ClN2O2/c16-7-5-8(17)12-10(11(7)18)15(22)20-9-4-2-1-3-6(9)13(21)14(20)19-12/h1-5H. The summed E-state index contributed by atoms with van der Waals surface area (Å²) >= 11 is 13.0. The number of hydrogen-bond acceptors (Lipinski definition) is 3. The number of carbonyl (C=O) groups is 1. The van der Waals surface area contributed by atoms with Gasteiger partial charge in [0.25, 0.3) is 5.56 Å². The average Bonchev–Trinajstić information content (AvgIpc) is 2.79. The first-order valence-electron chi connectivity index (χ1n) is 6.25. The van der Waals surface area contributed by atoms with E-state index in [1.54, 1.807) is 30.3 Å². The molecule has 4 nitrogen and oxygen atoms in total. The van der Waals surface area contributed by atoms with Gasteiger partial charge < -0.3 is 0 Å². The van der Waals surface area contributed by atoms with Crippen LogP contribution in [0.15, 0.2) is 44.1 Å². The van der Waals surface area contributed by atoms with Crippen molar-refractivity contribution in [2.24, 2.45) is 0 Å². The zero-order valence-electron chi connectivity index (χ0n) is 10.7. The number of aromatic nitrogens is 2. The fourth-order valence-electron chi connectivity index (χ4n) is 2.61. The van der Waals surface area contributed by atoms with E-state index < -0.39 is 0 Å². The van der Waals surface area contributed by atoms with Crippen LogP contribution in [0, 0.1) is 0 Å². The minimum absolute atomic E-state index is 0.109. The fraction of sp³-hybridized carbons (Fsp3) is 0. The highest BCUT2D eigenvalue weighted by atomic mass is 79.9. The second-order valence-electron chi connectivity index (χ2n) is 4.80. The predicted molar refractivity (Wildman–Crippen MR) is 91.2 cm³/mol. The van der Waals surface area contributed by atoms with Gasteiger partial charge in [0.05, 0.1) is 27.2 Å². The molecule has 0 aliphatic carbocycles. The summed E-state index contributed by atoms with van der Waals surface area (Å²) in [4.78, 5) is 29.7. The minimum atomic E-state index is -0.356. The summed E-state index contributed by atoms with van der Waals surface area (Å²) in [7, 11) is 0. The van der Waals surface area contributed by atoms with Crippen molar-refractivity contribution in [3.05, 3.63) is 66.0 Å². The van der Waals surface area contributed by atoms with E-state index in [-0.39, 0.29) is 27.6 Å². The Labute approximate surface area is 146 Å². The first kappa shape index (κ1) is 14.1. The molecule has 7 heteroatoms. The zero-order valence-corrected chi connectivity index (χ0v) is 14.7. The molecule has 3 aromatic rings. The van der Waals surface area contributed by atoms with E-state index in [0.29, 0.717) is 25.7 Å². The monoisotopic (exact) mass is 438 g/mol. The van der Waals surface area contributed by atoms with Crippen molar-refractivity contribution in [3.8, 4) is 5.69 Å². The molecular formula is C15H5Br2ClN2O2. The summed E-state index contributed by atoms with van der Waals surface area (Å²) in [5.74, 6) is -0.154. The summed E-state index contributed by atoms with van der Waals surface area (Å²) in [5.41, 5.74) is 1.03. The molecule has 1 aliphatic heterocycles. The molecule has 0 bridgehead atoms. The Morgan fingerprint density at radius 2 is 1.82 bits per heavy atom. The van der Waals surface area contributed by atoms with E-state index >= 15 is 0 Å². The SMILES string of the molecule is O=C1c2ccccc2-n2c1nc1c(Br)cc(Br)c(Cl)c1c2=O. The van der Waals surface area contributed by atoms with Crippen molar-refractivity contribution in [3.63, 3.8) is 0 Å². The van der Waals surface area contributed by atoms with E-state index in [9.17, 15) is 9.59 Å². The fourth-order valence-corrected chi connectivity index (χ4v) is 4.09. The molecule has 2 heterocycles. The number of fused-ring (bicyclic) bond motifs is 4. The van der Waals surface area contributed by atoms with Gasteiger partial charge in [0.1, 0.15) is 0 Å². The van der Waals surface area contributed by atoms with E-state index in [1.165, 1.54) is 4.57 Å². The highest BCUT2D eigenvalue weighted by molar-refractivity contribution is 9.11. The third-order valence-corrected chi connectivity index (χ3v) is 5.44. The van der Waals surface area contributed by atoms with Crippen molar-refractivity contribution in [2.45, 2.75) is 0 Å². The Bertz CT molecular complexity index is 1060. The molecule has 0 atom stereocenters. The summed E-state index contributed by atoms with van der Waals surface area (Å²) in [6.45, 7) is 0. The third-order valence-electron chi connectivity index (χ3n) is 3.58. The Balaban J connectivity index is 2.26. The Kier molecular flexibility index (Phi) is 3.04. The molecule has 22 heavy (non-hydrogen) atoms. The first-order chi connectivity index (χ1) is 10.5. The molecule has 0 saturated heterocycles. The van der Waals surface area contributed by atoms with Gasteiger partial charge in [-0.25, -0.2) is 4.98 Å². The van der Waals surface area contributed by atoms with Gasteiger partial charge in [-0.05, 0) is 50.1 Å². The summed E-state index contributed by atoms with van der Waals surface area (Å²) in [6, 6.07) is 8.65. The highest BCUT2D eigenvalue weighted by Crippen LogP contribution is 2.35. The summed E-state index contributed by atoms with van der Waals surface area (Å²) in [6.07, 6.45) is 0. The first-order valence-corrected chi connectivity index (χ1v) is 8.21. The van der Waals surface area contributed by atoms with Crippen molar-refractivity contribution >= 4 is 60.1 Å². The van der Waals surface area contributed by atoms with Crippen molar-refractivity contribution in [1.82, 2.24) is 9.55 Å². The molecule has 4 rings (SSSR count). The number of carbonyl (C=O) groups excluding carboxylic acids is 1. The maximum atomic E-state index is 12.9. The number of halogens is 3. The molecule has 0 amide bonds. The van der Waals surface area contributed by atoms with Gasteiger partial charge in [-0.3, -0.25) is 14.2 Å². The van der Waals surface area contributed by atoms with Crippen LogP contribution in [0.4, 0.5) is 0 Å². The van der Waals surface area contributed by atoms with E-state index in [4.69, 9.17) is 11.6 Å². The Morgan fingerprint density at radius 1 is 1.09 bits per heavy atom. The van der Waals surface area contributed by atoms with Crippen molar-refractivity contribution < 1.29 is 4.79 Å². The van der Waals surface area contributed by atoms with Crippen molar-refractivity contribution in [1.29, 1.82) is 0 Å². The van der Waals surface area contributed by atoms with Crippen LogP contribution in [0.5, 0.6) is 0 Å². The number of para-hydroxylation sites is 1. The smallest absolute Gasteiger partial charge is 0.267 e. The van der Waals surface area contributed by atoms with Crippen molar-refractivity contribution in [2.75, 3.05) is 0 Å². The number of nitrogens with zero attached hydrogens (tertiary/aromatic N) is 2. The largest absolute Gasteiger partial charge is 0.285 e. The Morgan fingerprint density at radius 3 is 2.59 bits per heavy atom. The third kappa shape index (κ3) is 1.71. The summed E-state index contributed by atoms with van der Waals surface area (Å²) < 4.78 is 2.51. The lowest BCUT2D eigenvalue weighted by Gasteiger charge is -2.09. The van der Waals surface area contributed by atoms with Crippen LogP contribution < -0.4 is 5.56 Å². The van der Waals surface area contributed by atoms with Gasteiger partial charge in [0.2, 0.25) is 5.78 Å². The topological polar surface area (TPSA) is 52.0 Å². The average molecular weight is 440 g/mol. The van der Waals surface area contributed by atoms with Crippen LogP contribution in [0.3, 0.4) is 0 Å².